The first kappa shape index (κ1) is 19.6. The zero-order chi connectivity index (χ0) is 19.9. The Morgan fingerprint density at radius 1 is 1.03 bits per heavy atom. The quantitative estimate of drug-likeness (QED) is 0.745. The maximum atomic E-state index is 12.3. The summed E-state index contributed by atoms with van der Waals surface area (Å²) in [6.07, 6.45) is 9.37. The second-order valence-corrected chi connectivity index (χ2v) is 7.88. The minimum Gasteiger partial charge on any atom is -0.490 e. The normalized spacial score (nSPS) is 16.8. The predicted molar refractivity (Wildman–Crippen MR) is 114 cm³/mol. The number of benzene rings is 1. The largest absolute Gasteiger partial charge is 0.490 e. The highest BCUT2D eigenvalue weighted by Gasteiger charge is 2.20. The summed E-state index contributed by atoms with van der Waals surface area (Å²) in [5, 5.41) is 5.89. The van der Waals surface area contributed by atoms with E-state index in [0.717, 1.165) is 48.6 Å². The van der Waals surface area contributed by atoms with Gasteiger partial charge in [0.05, 0.1) is 6.10 Å². The van der Waals surface area contributed by atoms with E-state index in [0.29, 0.717) is 19.2 Å². The predicted octanol–water partition coefficient (Wildman–Crippen LogP) is 4.00. The van der Waals surface area contributed by atoms with E-state index >= 15 is 0 Å². The lowest BCUT2D eigenvalue weighted by molar-refractivity contribution is 0.119. The molecule has 6 nitrogen and oxygen atoms in total. The van der Waals surface area contributed by atoms with Gasteiger partial charge in [0, 0.05) is 37.9 Å². The Balaban J connectivity index is 1.26. The van der Waals surface area contributed by atoms with Crippen molar-refractivity contribution in [1.82, 2.24) is 15.6 Å². The lowest BCUT2D eigenvalue weighted by Crippen LogP contribution is -2.35. The number of hydrogen-bond acceptors (Lipinski definition) is 4. The van der Waals surface area contributed by atoms with Crippen LogP contribution in [0.5, 0.6) is 5.75 Å². The molecule has 2 N–H and O–H groups in total. The Morgan fingerprint density at radius 2 is 1.83 bits per heavy atom. The molecule has 29 heavy (non-hydrogen) atoms. The molecule has 0 unspecified atom stereocenters. The monoisotopic (exact) mass is 394 g/mol. The molecule has 1 aromatic carbocycles. The van der Waals surface area contributed by atoms with Crippen LogP contribution in [0.4, 0.5) is 10.6 Å². The van der Waals surface area contributed by atoms with Crippen LogP contribution in [0.1, 0.15) is 49.7 Å². The number of rotatable bonds is 7. The Labute approximate surface area is 172 Å². The van der Waals surface area contributed by atoms with Gasteiger partial charge in [0.2, 0.25) is 0 Å². The van der Waals surface area contributed by atoms with Gasteiger partial charge < -0.3 is 20.3 Å². The summed E-state index contributed by atoms with van der Waals surface area (Å²) in [5.74, 6) is 1.88. The van der Waals surface area contributed by atoms with Gasteiger partial charge in [-0.25, -0.2) is 9.78 Å². The van der Waals surface area contributed by atoms with E-state index in [9.17, 15) is 4.79 Å². The van der Waals surface area contributed by atoms with Crippen LogP contribution >= 0.6 is 0 Å². The van der Waals surface area contributed by atoms with Gasteiger partial charge in [-0.3, -0.25) is 0 Å². The first-order valence-corrected chi connectivity index (χ1v) is 10.7. The van der Waals surface area contributed by atoms with Gasteiger partial charge in [-0.15, -0.1) is 0 Å². The molecule has 4 rings (SSSR count). The molecule has 154 valence electrons. The lowest BCUT2D eigenvalue weighted by atomic mass is 9.96. The first-order valence-electron chi connectivity index (χ1n) is 10.7. The van der Waals surface area contributed by atoms with Crippen LogP contribution in [0.15, 0.2) is 42.6 Å². The second kappa shape index (κ2) is 9.63. The van der Waals surface area contributed by atoms with Crippen LogP contribution in [0, 0.1) is 0 Å². The van der Waals surface area contributed by atoms with Gasteiger partial charge in [0.15, 0.2) is 0 Å². The summed E-state index contributed by atoms with van der Waals surface area (Å²) in [7, 11) is 0. The highest BCUT2D eigenvalue weighted by Crippen LogP contribution is 2.27. The van der Waals surface area contributed by atoms with Crippen molar-refractivity contribution in [3.05, 3.63) is 53.7 Å². The number of anilines is 1. The fraction of sp³-hybridized carbons (Fsp3) is 0.478. The molecule has 0 atom stereocenters. The summed E-state index contributed by atoms with van der Waals surface area (Å²) >= 11 is 0. The molecular weight excluding hydrogens is 364 g/mol. The van der Waals surface area contributed by atoms with E-state index < -0.39 is 0 Å². The smallest absolute Gasteiger partial charge is 0.315 e. The molecule has 2 aliphatic rings. The standard InChI is InChI=1S/C23H30N4O2/c28-23(26-17-19-7-2-3-10-21(19)29-20-8-6-9-20)25-16-18-11-12-24-22(15-18)27-13-4-1-5-14-27/h2-3,7,10-12,15,20H,1,4-6,8-9,13-14,16-17H2,(H2,25,26,28). The Hall–Kier alpha value is -2.76. The van der Waals surface area contributed by atoms with Crippen LogP contribution in [0.3, 0.4) is 0 Å². The van der Waals surface area contributed by atoms with E-state index in [1.54, 1.807) is 0 Å². The van der Waals surface area contributed by atoms with E-state index in [2.05, 4.69) is 26.6 Å². The summed E-state index contributed by atoms with van der Waals surface area (Å²) in [6, 6.07) is 11.8. The molecule has 0 radical (unpaired) electrons. The lowest BCUT2D eigenvalue weighted by Gasteiger charge is -2.28. The zero-order valence-electron chi connectivity index (χ0n) is 16.9. The number of para-hydroxylation sites is 1. The molecule has 2 heterocycles. The van der Waals surface area contributed by atoms with Gasteiger partial charge in [0.1, 0.15) is 11.6 Å². The maximum absolute atomic E-state index is 12.3. The minimum absolute atomic E-state index is 0.181. The SMILES string of the molecule is O=C(NCc1ccnc(N2CCCCC2)c1)NCc1ccccc1OC1CCC1. The number of urea groups is 1. The van der Waals surface area contributed by atoms with Crippen LogP contribution in [-0.4, -0.2) is 30.2 Å². The molecule has 1 aromatic heterocycles. The van der Waals surface area contributed by atoms with E-state index in [1.165, 1.54) is 25.7 Å². The number of hydrogen-bond donors (Lipinski definition) is 2. The van der Waals surface area contributed by atoms with Crippen molar-refractivity contribution in [1.29, 1.82) is 0 Å². The van der Waals surface area contributed by atoms with Crippen LogP contribution < -0.4 is 20.3 Å². The second-order valence-electron chi connectivity index (χ2n) is 7.88. The minimum atomic E-state index is -0.181. The fourth-order valence-electron chi connectivity index (χ4n) is 3.72. The van der Waals surface area contributed by atoms with E-state index in [-0.39, 0.29) is 6.03 Å². The summed E-state index contributed by atoms with van der Waals surface area (Å²) in [5.41, 5.74) is 2.07. The topological polar surface area (TPSA) is 66.5 Å². The number of carbonyl (C=O) groups excluding carboxylic acids is 1. The van der Waals surface area contributed by atoms with Crippen molar-refractivity contribution in [3.8, 4) is 5.75 Å². The number of aromatic nitrogens is 1. The van der Waals surface area contributed by atoms with Crippen molar-refractivity contribution in [3.63, 3.8) is 0 Å². The summed E-state index contributed by atoms with van der Waals surface area (Å²) in [4.78, 5) is 19.1. The third kappa shape index (κ3) is 5.40. The Bertz CT molecular complexity index is 816. The van der Waals surface area contributed by atoms with Crippen molar-refractivity contribution in [2.75, 3.05) is 18.0 Å². The third-order valence-corrected chi connectivity index (χ3v) is 5.70. The van der Waals surface area contributed by atoms with Gasteiger partial charge in [-0.1, -0.05) is 18.2 Å². The molecule has 1 aliphatic heterocycles. The molecule has 2 amide bonds. The Kier molecular flexibility index (Phi) is 6.49. The van der Waals surface area contributed by atoms with Crippen molar-refractivity contribution in [2.24, 2.45) is 0 Å². The fourth-order valence-corrected chi connectivity index (χ4v) is 3.72. The zero-order valence-corrected chi connectivity index (χ0v) is 16.9. The molecule has 0 spiro atoms. The van der Waals surface area contributed by atoms with Gasteiger partial charge >= 0.3 is 6.03 Å². The maximum Gasteiger partial charge on any atom is 0.315 e. The highest BCUT2D eigenvalue weighted by atomic mass is 16.5. The third-order valence-electron chi connectivity index (χ3n) is 5.70. The number of nitrogens with zero attached hydrogens (tertiary/aromatic N) is 2. The van der Waals surface area contributed by atoms with E-state index in [1.807, 2.05) is 36.5 Å². The molecule has 1 aliphatic carbocycles. The summed E-state index contributed by atoms with van der Waals surface area (Å²) < 4.78 is 6.03. The molecule has 1 saturated carbocycles. The number of ether oxygens (including phenoxy) is 1. The van der Waals surface area contributed by atoms with Crippen molar-refractivity contribution < 1.29 is 9.53 Å². The molecule has 1 saturated heterocycles. The van der Waals surface area contributed by atoms with Crippen LogP contribution in [-0.2, 0) is 13.1 Å². The molecule has 6 heteroatoms. The van der Waals surface area contributed by atoms with Gasteiger partial charge in [-0.2, -0.15) is 0 Å². The van der Waals surface area contributed by atoms with Crippen LogP contribution in [0.25, 0.3) is 0 Å². The number of carbonyl (C=O) groups is 1. The average molecular weight is 395 g/mol. The Morgan fingerprint density at radius 3 is 2.62 bits per heavy atom. The molecule has 0 bridgehead atoms. The number of nitrogens with one attached hydrogen (secondary N) is 2. The average Bonchev–Trinajstić information content (AvgIpc) is 2.75. The van der Waals surface area contributed by atoms with Gasteiger partial charge in [0.25, 0.3) is 0 Å². The van der Waals surface area contributed by atoms with E-state index in [4.69, 9.17) is 4.74 Å². The molecular formula is C23H30N4O2. The molecule has 2 fully saturated rings. The van der Waals surface area contributed by atoms with Crippen molar-refractivity contribution in [2.45, 2.75) is 57.7 Å². The molecule has 2 aromatic rings. The first-order chi connectivity index (χ1) is 14.3. The number of piperidine rings is 1. The van der Waals surface area contributed by atoms with Crippen molar-refractivity contribution >= 4 is 11.8 Å². The van der Waals surface area contributed by atoms with Crippen LogP contribution in [0.2, 0.25) is 0 Å². The van der Waals surface area contributed by atoms with Gasteiger partial charge in [-0.05, 0) is 62.3 Å². The number of pyridine rings is 1. The summed E-state index contributed by atoms with van der Waals surface area (Å²) in [6.45, 7) is 3.05. The highest BCUT2D eigenvalue weighted by molar-refractivity contribution is 5.74. The number of amides is 2.